The van der Waals surface area contributed by atoms with E-state index in [-0.39, 0.29) is 54.2 Å². The van der Waals surface area contributed by atoms with Crippen molar-refractivity contribution in [2.75, 3.05) is 19.6 Å². The molecule has 2 aliphatic carbocycles. The first-order valence-electron chi connectivity index (χ1n) is 19.7. The average Bonchev–Trinajstić information content (AvgIpc) is 3.13. The molecule has 1 saturated heterocycles. The van der Waals surface area contributed by atoms with Crippen molar-refractivity contribution in [3.8, 4) is 5.75 Å². The minimum absolute atomic E-state index is 0.0392. The predicted octanol–water partition coefficient (Wildman–Crippen LogP) is -0.0308. The highest BCUT2D eigenvalue weighted by Crippen LogP contribution is 2.32. The van der Waals surface area contributed by atoms with Gasteiger partial charge in [-0.1, -0.05) is 44.2 Å². The van der Waals surface area contributed by atoms with E-state index in [1.165, 1.54) is 17.0 Å². The molecule has 4 atom stereocenters. The van der Waals surface area contributed by atoms with Gasteiger partial charge in [-0.25, -0.2) is 0 Å². The van der Waals surface area contributed by atoms with Crippen LogP contribution in [0.15, 0.2) is 34.3 Å². The first kappa shape index (κ1) is 42.6. The van der Waals surface area contributed by atoms with Gasteiger partial charge in [-0.2, -0.15) is 0 Å². The average molecular weight is 768 g/mol. The van der Waals surface area contributed by atoms with Crippen LogP contribution in [0.2, 0.25) is 0 Å². The van der Waals surface area contributed by atoms with Gasteiger partial charge in [-0.3, -0.25) is 34.0 Å². The molecule has 3 aliphatic rings. The van der Waals surface area contributed by atoms with Crippen LogP contribution >= 0.6 is 0 Å². The highest BCUT2D eigenvalue weighted by atomic mass is 16.3. The van der Waals surface area contributed by atoms with E-state index in [4.69, 9.17) is 28.7 Å². The first-order chi connectivity index (χ1) is 26.3. The Labute approximate surface area is 323 Å². The number of phenolic OH excluding ortho intramolecular Hbond substituents is 1. The Morgan fingerprint density at radius 2 is 1.38 bits per heavy atom. The number of benzene rings is 1. The zero-order chi connectivity index (χ0) is 39.9. The van der Waals surface area contributed by atoms with Crippen molar-refractivity contribution in [1.82, 2.24) is 20.9 Å². The molecule has 5 amide bonds. The Morgan fingerprint density at radius 1 is 0.727 bits per heavy atom. The fourth-order valence-corrected chi connectivity index (χ4v) is 7.80. The van der Waals surface area contributed by atoms with Gasteiger partial charge in [-0.05, 0) is 87.3 Å². The van der Waals surface area contributed by atoms with Crippen molar-refractivity contribution in [1.29, 1.82) is 0 Å². The van der Waals surface area contributed by atoms with Crippen LogP contribution in [0.4, 0.5) is 0 Å². The molecule has 3 fully saturated rings. The van der Waals surface area contributed by atoms with E-state index in [0.29, 0.717) is 69.6 Å². The number of guanidine groups is 2. The summed E-state index contributed by atoms with van der Waals surface area (Å²) in [5, 5.41) is 18.4. The quantitative estimate of drug-likeness (QED) is 0.0514. The van der Waals surface area contributed by atoms with Gasteiger partial charge in [0.2, 0.25) is 29.5 Å². The van der Waals surface area contributed by atoms with E-state index in [2.05, 4.69) is 25.9 Å². The molecule has 1 aliphatic heterocycles. The Balaban J connectivity index is 1.43. The number of amides is 5. The van der Waals surface area contributed by atoms with Crippen LogP contribution in [0.25, 0.3) is 0 Å². The lowest BCUT2D eigenvalue weighted by Crippen LogP contribution is -2.64. The topological polar surface area (TPSA) is 300 Å². The van der Waals surface area contributed by atoms with Crippen molar-refractivity contribution in [3.63, 3.8) is 0 Å². The summed E-state index contributed by atoms with van der Waals surface area (Å²) < 4.78 is 0. The zero-order valence-electron chi connectivity index (χ0n) is 31.8. The number of likely N-dealkylation sites (tertiary alicyclic amines) is 1. The molecule has 1 heterocycles. The maximum absolute atomic E-state index is 14.2. The minimum Gasteiger partial charge on any atom is -0.508 e. The van der Waals surface area contributed by atoms with Gasteiger partial charge in [0.15, 0.2) is 11.9 Å². The standard InChI is InChI=1S/C38H61N11O6/c39-32(51)28(8-4-5-18-44-37(40)41)46-34(53)29(20-24-11-15-27(50)16-12-24)47-35(54)31-17-19-49(31)36(55)30(21-23-6-2-1-3-7-23)48-33(52)26-13-9-25(10-14-26)22-45-38(42)43/h11-12,15-16,23,25-26,28-31,50H,1-10,13-14,17-22H2,(H2,39,51)(H,46,53)(H,47,54)(H,48,52)(H4,40,41,44)(H4,42,43,45). The molecule has 17 nitrogen and oxygen atoms in total. The number of unbranched alkanes of at least 4 members (excludes halogenated alkanes) is 1. The second-order valence-corrected chi connectivity index (χ2v) is 15.3. The van der Waals surface area contributed by atoms with Gasteiger partial charge < -0.3 is 54.6 Å². The summed E-state index contributed by atoms with van der Waals surface area (Å²) in [5.41, 5.74) is 28.0. The van der Waals surface area contributed by atoms with Gasteiger partial charge in [0.25, 0.3) is 0 Å². The predicted molar refractivity (Wildman–Crippen MR) is 209 cm³/mol. The molecular weight excluding hydrogens is 706 g/mol. The fraction of sp³-hybridized carbons (Fsp3) is 0.658. The number of nitrogens with one attached hydrogen (secondary N) is 3. The van der Waals surface area contributed by atoms with Gasteiger partial charge >= 0.3 is 0 Å². The van der Waals surface area contributed by atoms with E-state index < -0.39 is 41.9 Å². The van der Waals surface area contributed by atoms with E-state index in [0.717, 1.165) is 44.9 Å². The molecular formula is C38H61N11O6. The lowest BCUT2D eigenvalue weighted by atomic mass is 9.81. The smallest absolute Gasteiger partial charge is 0.245 e. The SMILES string of the molecule is NC(=O)C(CCCCN=C(N)N)NC(=O)C(Cc1ccc(O)cc1)NC(=O)C1CCN1C(=O)C(CC1CCCCC1)NC(=O)C1CCC(CN=C(N)N)CC1. The van der Waals surface area contributed by atoms with Crippen molar-refractivity contribution >= 4 is 41.5 Å². The van der Waals surface area contributed by atoms with Crippen molar-refractivity contribution in [2.45, 2.75) is 120 Å². The number of carbonyl (C=O) groups is 5. The number of hydrogen-bond acceptors (Lipinski definition) is 8. The Kier molecular flexibility index (Phi) is 16.4. The molecule has 304 valence electrons. The van der Waals surface area contributed by atoms with E-state index in [9.17, 15) is 29.1 Å². The van der Waals surface area contributed by atoms with Gasteiger partial charge in [0.1, 0.15) is 29.9 Å². The molecule has 0 aromatic heterocycles. The number of phenols is 1. The molecule has 1 aromatic carbocycles. The lowest BCUT2D eigenvalue weighted by Gasteiger charge is -2.43. The van der Waals surface area contributed by atoms with Crippen LogP contribution in [0, 0.1) is 17.8 Å². The number of nitrogens with zero attached hydrogens (tertiary/aromatic N) is 3. The van der Waals surface area contributed by atoms with Gasteiger partial charge in [0, 0.05) is 32.0 Å². The number of aromatic hydroxyl groups is 1. The second kappa shape index (κ2) is 21.1. The maximum Gasteiger partial charge on any atom is 0.245 e. The third kappa shape index (κ3) is 13.6. The van der Waals surface area contributed by atoms with E-state index in [1.54, 1.807) is 12.1 Å². The largest absolute Gasteiger partial charge is 0.508 e. The van der Waals surface area contributed by atoms with Gasteiger partial charge in [0.05, 0.1) is 0 Å². The number of aliphatic imine (C=N–C) groups is 2. The molecule has 14 N–H and O–H groups in total. The number of hydrogen-bond donors (Lipinski definition) is 9. The summed E-state index contributed by atoms with van der Waals surface area (Å²) in [4.78, 5) is 77.2. The van der Waals surface area contributed by atoms with Crippen molar-refractivity contribution in [2.24, 2.45) is 56.4 Å². The van der Waals surface area contributed by atoms with Crippen LogP contribution < -0.4 is 44.6 Å². The van der Waals surface area contributed by atoms with Crippen LogP contribution in [0.1, 0.15) is 95.5 Å². The molecule has 4 rings (SSSR count). The van der Waals surface area contributed by atoms with Gasteiger partial charge in [-0.15, -0.1) is 0 Å². The highest BCUT2D eigenvalue weighted by Gasteiger charge is 2.43. The molecule has 1 aromatic rings. The summed E-state index contributed by atoms with van der Waals surface area (Å²) >= 11 is 0. The van der Waals surface area contributed by atoms with E-state index >= 15 is 0 Å². The Hall–Kier alpha value is -5.09. The number of primary amides is 1. The fourth-order valence-electron chi connectivity index (χ4n) is 7.80. The molecule has 0 bridgehead atoms. The number of carbonyl (C=O) groups excluding carboxylic acids is 5. The number of rotatable bonds is 19. The van der Waals surface area contributed by atoms with Crippen LogP contribution in [0.3, 0.4) is 0 Å². The molecule has 4 unspecified atom stereocenters. The summed E-state index contributed by atoms with van der Waals surface area (Å²) in [5.74, 6) is -1.92. The molecule has 17 heteroatoms. The summed E-state index contributed by atoms with van der Waals surface area (Å²) in [6.45, 7) is 1.22. The number of nitrogens with two attached hydrogens (primary N) is 5. The van der Waals surface area contributed by atoms with Crippen molar-refractivity contribution in [3.05, 3.63) is 29.8 Å². The third-order valence-electron chi connectivity index (χ3n) is 11.1. The molecule has 0 radical (unpaired) electrons. The molecule has 2 saturated carbocycles. The first-order valence-corrected chi connectivity index (χ1v) is 19.7. The summed E-state index contributed by atoms with van der Waals surface area (Å²) in [6, 6.07) is 2.45. The zero-order valence-corrected chi connectivity index (χ0v) is 31.8. The lowest BCUT2D eigenvalue weighted by molar-refractivity contribution is -0.151. The van der Waals surface area contributed by atoms with Crippen molar-refractivity contribution < 1.29 is 29.1 Å². The second-order valence-electron chi connectivity index (χ2n) is 15.3. The molecule has 55 heavy (non-hydrogen) atoms. The Bertz CT molecular complexity index is 1510. The highest BCUT2D eigenvalue weighted by molar-refractivity contribution is 5.96. The monoisotopic (exact) mass is 767 g/mol. The molecule has 0 spiro atoms. The summed E-state index contributed by atoms with van der Waals surface area (Å²) in [6.07, 6.45) is 10.5. The third-order valence-corrected chi connectivity index (χ3v) is 11.1. The van der Waals surface area contributed by atoms with Crippen LogP contribution in [0.5, 0.6) is 5.75 Å². The summed E-state index contributed by atoms with van der Waals surface area (Å²) in [7, 11) is 0. The maximum atomic E-state index is 14.2. The van der Waals surface area contributed by atoms with Crippen LogP contribution in [-0.4, -0.2) is 95.3 Å². The Morgan fingerprint density at radius 3 is 1.98 bits per heavy atom. The minimum atomic E-state index is -1.13. The van der Waals surface area contributed by atoms with Crippen LogP contribution in [-0.2, 0) is 30.4 Å². The van der Waals surface area contributed by atoms with E-state index in [1.807, 2.05) is 0 Å². The normalized spacial score (nSPS) is 21.5.